The molecular formula is C18H23P. The average Bonchev–Trinajstić information content (AvgIpc) is 2.44. The summed E-state index contributed by atoms with van der Waals surface area (Å²) in [6, 6.07) is 17.8. The van der Waals surface area contributed by atoms with E-state index in [0.717, 1.165) is 8.58 Å². The fourth-order valence-corrected chi connectivity index (χ4v) is 3.79. The number of hydrogen-bond acceptors (Lipinski definition) is 0. The molecule has 0 spiro atoms. The first-order chi connectivity index (χ1) is 9.35. The fourth-order valence-electron chi connectivity index (χ4n) is 2.40. The number of rotatable bonds is 6. The fraction of sp³-hybridized carbons (Fsp3) is 0.333. The van der Waals surface area contributed by atoms with Crippen LogP contribution in [0.3, 0.4) is 0 Å². The van der Waals surface area contributed by atoms with Crippen molar-refractivity contribution in [3.63, 3.8) is 0 Å². The van der Waals surface area contributed by atoms with Gasteiger partial charge in [-0.25, -0.2) is 0 Å². The molecule has 0 N–H and O–H groups in total. The molecule has 1 heteroatoms. The van der Waals surface area contributed by atoms with Gasteiger partial charge in [-0.2, -0.15) is 0 Å². The van der Waals surface area contributed by atoms with Crippen molar-refractivity contribution in [2.45, 2.75) is 39.5 Å². The van der Waals surface area contributed by atoms with Gasteiger partial charge in [0.25, 0.3) is 0 Å². The molecule has 19 heavy (non-hydrogen) atoms. The largest absolute Gasteiger partial charge is 0.0651 e. The highest BCUT2D eigenvalue weighted by molar-refractivity contribution is 7.55. The summed E-state index contributed by atoms with van der Waals surface area (Å²) >= 11 is 0. The van der Waals surface area contributed by atoms with Gasteiger partial charge in [0.2, 0.25) is 0 Å². The van der Waals surface area contributed by atoms with E-state index in [0.29, 0.717) is 0 Å². The summed E-state index contributed by atoms with van der Waals surface area (Å²) in [7, 11) is 0.794. The molecule has 0 aromatic heterocycles. The van der Waals surface area contributed by atoms with Crippen molar-refractivity contribution in [2.24, 2.45) is 0 Å². The molecule has 0 fully saturated rings. The Morgan fingerprint density at radius 1 is 0.684 bits per heavy atom. The molecule has 0 aliphatic rings. The molecule has 0 heterocycles. The van der Waals surface area contributed by atoms with Crippen LogP contribution in [0.5, 0.6) is 0 Å². The van der Waals surface area contributed by atoms with Gasteiger partial charge in [-0.3, -0.25) is 0 Å². The summed E-state index contributed by atoms with van der Waals surface area (Å²) in [4.78, 5) is 0. The van der Waals surface area contributed by atoms with E-state index in [4.69, 9.17) is 0 Å². The van der Waals surface area contributed by atoms with E-state index in [-0.39, 0.29) is 0 Å². The van der Waals surface area contributed by atoms with Gasteiger partial charge in [0, 0.05) is 0 Å². The standard InChI is InChI=1S/C18H23P/c1-3-9-15-11-5-7-13-17(15)19-18-14-8-6-12-16(18)10-4-2/h5-8,11-14,19H,3-4,9-10H2,1-2H3. The predicted octanol–water partition coefficient (Wildman–Crippen LogP) is 4.22. The normalized spacial score (nSPS) is 10.6. The van der Waals surface area contributed by atoms with Crippen molar-refractivity contribution in [1.29, 1.82) is 0 Å². The minimum absolute atomic E-state index is 0.794. The third-order valence-electron chi connectivity index (χ3n) is 3.34. The molecule has 0 amide bonds. The molecule has 0 nitrogen and oxygen atoms in total. The first-order valence-corrected chi connectivity index (χ1v) is 8.28. The van der Waals surface area contributed by atoms with Crippen molar-refractivity contribution in [2.75, 3.05) is 0 Å². The van der Waals surface area contributed by atoms with Crippen molar-refractivity contribution in [3.8, 4) is 0 Å². The van der Waals surface area contributed by atoms with Gasteiger partial charge in [-0.05, 0) is 34.6 Å². The average molecular weight is 270 g/mol. The van der Waals surface area contributed by atoms with Gasteiger partial charge < -0.3 is 0 Å². The minimum atomic E-state index is 0.794. The van der Waals surface area contributed by atoms with E-state index >= 15 is 0 Å². The summed E-state index contributed by atoms with van der Waals surface area (Å²) in [5.74, 6) is 0. The lowest BCUT2D eigenvalue weighted by Crippen LogP contribution is -2.12. The Kier molecular flexibility index (Phi) is 5.61. The zero-order chi connectivity index (χ0) is 13.5. The second kappa shape index (κ2) is 7.46. The van der Waals surface area contributed by atoms with Crippen LogP contribution in [0.25, 0.3) is 0 Å². The van der Waals surface area contributed by atoms with E-state index in [1.807, 2.05) is 0 Å². The summed E-state index contributed by atoms with van der Waals surface area (Å²) in [5, 5.41) is 3.04. The van der Waals surface area contributed by atoms with Crippen molar-refractivity contribution in [1.82, 2.24) is 0 Å². The summed E-state index contributed by atoms with van der Waals surface area (Å²) in [6.45, 7) is 4.51. The quantitative estimate of drug-likeness (QED) is 0.689. The Labute approximate surface area is 119 Å². The lowest BCUT2D eigenvalue weighted by Gasteiger charge is -2.12. The van der Waals surface area contributed by atoms with E-state index in [1.54, 1.807) is 0 Å². The predicted molar refractivity (Wildman–Crippen MR) is 88.5 cm³/mol. The van der Waals surface area contributed by atoms with Crippen molar-refractivity contribution >= 4 is 19.2 Å². The number of aryl methyl sites for hydroxylation is 2. The molecule has 0 atom stereocenters. The van der Waals surface area contributed by atoms with Gasteiger partial charge in [0.05, 0.1) is 0 Å². The van der Waals surface area contributed by atoms with Crippen LogP contribution >= 0.6 is 8.58 Å². The molecular weight excluding hydrogens is 247 g/mol. The summed E-state index contributed by atoms with van der Waals surface area (Å²) in [6.07, 6.45) is 4.83. The second-order valence-corrected chi connectivity index (χ2v) is 6.27. The van der Waals surface area contributed by atoms with Crippen LogP contribution in [0.15, 0.2) is 48.5 Å². The lowest BCUT2D eigenvalue weighted by atomic mass is 10.1. The molecule has 0 saturated carbocycles. The summed E-state index contributed by atoms with van der Waals surface area (Å²) < 4.78 is 0. The van der Waals surface area contributed by atoms with Crippen LogP contribution < -0.4 is 10.6 Å². The van der Waals surface area contributed by atoms with E-state index < -0.39 is 0 Å². The van der Waals surface area contributed by atoms with Gasteiger partial charge >= 0.3 is 0 Å². The molecule has 2 rings (SSSR count). The van der Waals surface area contributed by atoms with Gasteiger partial charge in [0.1, 0.15) is 0 Å². The SMILES string of the molecule is CCCc1ccccc1Pc1ccccc1CCC. The molecule has 0 bridgehead atoms. The highest BCUT2D eigenvalue weighted by atomic mass is 31.1. The Bertz CT molecular complexity index is 469. The van der Waals surface area contributed by atoms with Crippen LogP contribution in [0.4, 0.5) is 0 Å². The van der Waals surface area contributed by atoms with Crippen LogP contribution in [-0.4, -0.2) is 0 Å². The van der Waals surface area contributed by atoms with Gasteiger partial charge in [0.15, 0.2) is 0 Å². The minimum Gasteiger partial charge on any atom is -0.0651 e. The lowest BCUT2D eigenvalue weighted by molar-refractivity contribution is 0.926. The zero-order valence-corrected chi connectivity index (χ0v) is 12.9. The number of benzene rings is 2. The number of hydrogen-bond donors (Lipinski definition) is 0. The molecule has 0 saturated heterocycles. The summed E-state index contributed by atoms with van der Waals surface area (Å²) in [5.41, 5.74) is 3.05. The zero-order valence-electron chi connectivity index (χ0n) is 11.9. The smallest absolute Gasteiger partial charge is 0.0194 e. The molecule has 0 aliphatic heterocycles. The van der Waals surface area contributed by atoms with Crippen LogP contribution in [-0.2, 0) is 12.8 Å². The molecule has 0 aliphatic carbocycles. The maximum Gasteiger partial charge on any atom is -0.0194 e. The van der Waals surface area contributed by atoms with Crippen molar-refractivity contribution in [3.05, 3.63) is 59.7 Å². The molecule has 100 valence electrons. The monoisotopic (exact) mass is 270 g/mol. The Hall–Kier alpha value is -1.13. The molecule has 2 aromatic carbocycles. The van der Waals surface area contributed by atoms with Crippen LogP contribution in [0, 0.1) is 0 Å². The first kappa shape index (κ1) is 14.3. The van der Waals surface area contributed by atoms with Gasteiger partial charge in [-0.1, -0.05) is 83.8 Å². The van der Waals surface area contributed by atoms with Crippen molar-refractivity contribution < 1.29 is 0 Å². The second-order valence-electron chi connectivity index (χ2n) is 4.94. The molecule has 0 radical (unpaired) electrons. The van der Waals surface area contributed by atoms with Gasteiger partial charge in [-0.15, -0.1) is 0 Å². The third-order valence-corrected chi connectivity index (χ3v) is 4.86. The third kappa shape index (κ3) is 3.91. The highest BCUT2D eigenvalue weighted by Crippen LogP contribution is 2.18. The first-order valence-electron chi connectivity index (χ1n) is 7.28. The highest BCUT2D eigenvalue weighted by Gasteiger charge is 2.05. The maximum atomic E-state index is 2.30. The van der Waals surface area contributed by atoms with E-state index in [9.17, 15) is 0 Å². The van der Waals surface area contributed by atoms with E-state index in [2.05, 4.69) is 62.4 Å². The molecule has 0 unspecified atom stereocenters. The topological polar surface area (TPSA) is 0 Å². The Morgan fingerprint density at radius 3 is 1.53 bits per heavy atom. The van der Waals surface area contributed by atoms with Crippen LogP contribution in [0.2, 0.25) is 0 Å². The van der Waals surface area contributed by atoms with E-state index in [1.165, 1.54) is 47.4 Å². The Balaban J connectivity index is 2.25. The van der Waals surface area contributed by atoms with Crippen LogP contribution in [0.1, 0.15) is 37.8 Å². The molecule has 2 aromatic rings. The maximum absolute atomic E-state index is 2.30. The Morgan fingerprint density at radius 2 is 1.11 bits per heavy atom.